The summed E-state index contributed by atoms with van der Waals surface area (Å²) in [6.07, 6.45) is 3.66. The molecule has 1 aromatic carbocycles. The molecule has 1 aromatic heterocycles. The van der Waals surface area contributed by atoms with Crippen LogP contribution in [-0.2, 0) is 11.4 Å². The molecule has 0 aliphatic carbocycles. The van der Waals surface area contributed by atoms with Crippen LogP contribution in [0.25, 0.3) is 11.3 Å². The molecule has 1 atom stereocenters. The Labute approximate surface area is 137 Å². The summed E-state index contributed by atoms with van der Waals surface area (Å²) in [7, 11) is 0. The van der Waals surface area contributed by atoms with Crippen molar-refractivity contribution in [3.8, 4) is 17.3 Å². The molecule has 1 fully saturated rings. The minimum absolute atomic E-state index is 0.542. The van der Waals surface area contributed by atoms with Crippen LogP contribution >= 0.6 is 0 Å². The number of rotatable bonds is 7. The molecular formula is C18H22N4O. The Kier molecular flexibility index (Phi) is 5.41. The van der Waals surface area contributed by atoms with Crippen molar-refractivity contribution < 1.29 is 4.74 Å². The molecule has 5 heteroatoms. The van der Waals surface area contributed by atoms with Crippen LogP contribution in [0.3, 0.4) is 0 Å². The van der Waals surface area contributed by atoms with E-state index in [1.807, 2.05) is 35.1 Å². The van der Waals surface area contributed by atoms with E-state index in [4.69, 9.17) is 10.00 Å². The lowest BCUT2D eigenvalue weighted by molar-refractivity contribution is 0.149. The minimum Gasteiger partial charge on any atom is -0.381 e. The number of aromatic nitrogens is 2. The second-order valence-electron chi connectivity index (χ2n) is 5.96. The third-order valence-corrected chi connectivity index (χ3v) is 4.14. The maximum absolute atomic E-state index is 8.87. The molecule has 0 unspecified atom stereocenters. The summed E-state index contributed by atoms with van der Waals surface area (Å²) in [5, 5.41) is 13.5. The first kappa shape index (κ1) is 15.7. The van der Waals surface area contributed by atoms with Crippen LogP contribution in [0.15, 0.2) is 42.6 Å². The summed E-state index contributed by atoms with van der Waals surface area (Å²) >= 11 is 0. The molecule has 0 amide bonds. The monoisotopic (exact) mass is 310 g/mol. The zero-order chi connectivity index (χ0) is 15.9. The van der Waals surface area contributed by atoms with Gasteiger partial charge in [0.25, 0.3) is 0 Å². The molecule has 5 nitrogen and oxygen atoms in total. The van der Waals surface area contributed by atoms with Crippen molar-refractivity contribution in [2.75, 3.05) is 26.3 Å². The molecule has 23 heavy (non-hydrogen) atoms. The molecule has 1 aliphatic rings. The van der Waals surface area contributed by atoms with Gasteiger partial charge in [0.2, 0.25) is 0 Å². The molecular weight excluding hydrogens is 288 g/mol. The Bertz CT molecular complexity index is 641. The van der Waals surface area contributed by atoms with Gasteiger partial charge >= 0.3 is 0 Å². The molecule has 3 rings (SSSR count). The van der Waals surface area contributed by atoms with E-state index >= 15 is 0 Å². The highest BCUT2D eigenvalue weighted by molar-refractivity contribution is 5.57. The summed E-state index contributed by atoms with van der Waals surface area (Å²) in [5.74, 6) is 0.567. The topological polar surface area (TPSA) is 54.1 Å². The predicted octanol–water partition coefficient (Wildman–Crippen LogP) is 2.76. The zero-order valence-electron chi connectivity index (χ0n) is 13.3. The maximum atomic E-state index is 8.87. The number of hydrogen-bond acceptors (Lipinski definition) is 4. The highest BCUT2D eigenvalue weighted by Crippen LogP contribution is 2.17. The van der Waals surface area contributed by atoms with Crippen LogP contribution in [0, 0.1) is 17.2 Å². The van der Waals surface area contributed by atoms with Crippen molar-refractivity contribution in [2.24, 2.45) is 5.92 Å². The Morgan fingerprint density at radius 2 is 2.17 bits per heavy atom. The Balaban J connectivity index is 1.64. The molecule has 0 N–H and O–H groups in total. The van der Waals surface area contributed by atoms with Gasteiger partial charge < -0.3 is 4.74 Å². The number of nitriles is 1. The van der Waals surface area contributed by atoms with Crippen LogP contribution in [0.1, 0.15) is 12.8 Å². The van der Waals surface area contributed by atoms with Crippen molar-refractivity contribution in [3.05, 3.63) is 42.6 Å². The Morgan fingerprint density at radius 1 is 1.30 bits per heavy atom. The number of hydrogen-bond donors (Lipinski definition) is 0. The fourth-order valence-electron chi connectivity index (χ4n) is 2.93. The predicted molar refractivity (Wildman–Crippen MR) is 88.4 cm³/mol. The van der Waals surface area contributed by atoms with Gasteiger partial charge in [-0.2, -0.15) is 10.4 Å². The first-order valence-electron chi connectivity index (χ1n) is 8.11. The van der Waals surface area contributed by atoms with E-state index in [0.29, 0.717) is 19.0 Å². The first-order valence-corrected chi connectivity index (χ1v) is 8.11. The average molecular weight is 310 g/mol. The maximum Gasteiger partial charge on any atom is 0.0929 e. The molecule has 1 saturated heterocycles. The normalized spacial score (nSPS) is 17.5. The average Bonchev–Trinajstić information content (AvgIpc) is 3.25. The quantitative estimate of drug-likeness (QED) is 0.789. The second-order valence-corrected chi connectivity index (χ2v) is 5.96. The molecule has 0 bridgehead atoms. The van der Waals surface area contributed by atoms with Crippen LogP contribution < -0.4 is 0 Å². The van der Waals surface area contributed by atoms with Crippen LogP contribution in [0.2, 0.25) is 0 Å². The number of benzene rings is 1. The van der Waals surface area contributed by atoms with Gasteiger partial charge in [0.05, 0.1) is 25.0 Å². The summed E-state index contributed by atoms with van der Waals surface area (Å²) in [4.78, 5) is 2.30. The fraction of sp³-hybridized carbons (Fsp3) is 0.444. The molecule has 2 aromatic rings. The molecule has 0 saturated carbocycles. The van der Waals surface area contributed by atoms with E-state index in [1.165, 1.54) is 0 Å². The fourth-order valence-corrected chi connectivity index (χ4v) is 2.93. The van der Waals surface area contributed by atoms with Gasteiger partial charge in [0.1, 0.15) is 0 Å². The van der Waals surface area contributed by atoms with Crippen LogP contribution in [0.5, 0.6) is 0 Å². The summed E-state index contributed by atoms with van der Waals surface area (Å²) in [5.41, 5.74) is 2.11. The van der Waals surface area contributed by atoms with Gasteiger partial charge in [0, 0.05) is 37.9 Å². The van der Waals surface area contributed by atoms with Gasteiger partial charge in [-0.3, -0.25) is 9.58 Å². The minimum atomic E-state index is 0.542. The van der Waals surface area contributed by atoms with Gasteiger partial charge in [-0.25, -0.2) is 0 Å². The highest BCUT2D eigenvalue weighted by atomic mass is 16.5. The summed E-state index contributed by atoms with van der Waals surface area (Å²) in [6.45, 7) is 4.13. The highest BCUT2D eigenvalue weighted by Gasteiger charge is 2.19. The van der Waals surface area contributed by atoms with E-state index in [2.05, 4.69) is 28.2 Å². The van der Waals surface area contributed by atoms with Gasteiger partial charge in [0.15, 0.2) is 0 Å². The van der Waals surface area contributed by atoms with Crippen molar-refractivity contribution in [1.29, 1.82) is 5.26 Å². The number of nitrogens with zero attached hydrogens (tertiary/aromatic N) is 4. The van der Waals surface area contributed by atoms with Gasteiger partial charge in [-0.15, -0.1) is 0 Å². The third kappa shape index (κ3) is 4.41. The molecule has 120 valence electrons. The summed E-state index contributed by atoms with van der Waals surface area (Å²) < 4.78 is 7.41. The Hall–Kier alpha value is -2.16. The zero-order valence-corrected chi connectivity index (χ0v) is 13.3. The van der Waals surface area contributed by atoms with E-state index in [9.17, 15) is 0 Å². The molecule has 0 radical (unpaired) electrons. The lowest BCUT2D eigenvalue weighted by Gasteiger charge is -2.23. The molecule has 0 spiro atoms. The molecule has 1 aliphatic heterocycles. The van der Waals surface area contributed by atoms with E-state index in [0.717, 1.165) is 44.0 Å². The van der Waals surface area contributed by atoms with E-state index in [1.54, 1.807) is 0 Å². The molecule has 2 heterocycles. The smallest absolute Gasteiger partial charge is 0.0929 e. The van der Waals surface area contributed by atoms with Crippen molar-refractivity contribution >= 4 is 0 Å². The van der Waals surface area contributed by atoms with Gasteiger partial charge in [-0.05, 0) is 18.4 Å². The van der Waals surface area contributed by atoms with E-state index in [-0.39, 0.29) is 0 Å². The van der Waals surface area contributed by atoms with Crippen molar-refractivity contribution in [2.45, 2.75) is 19.5 Å². The second kappa shape index (κ2) is 7.91. The van der Waals surface area contributed by atoms with Crippen molar-refractivity contribution in [1.82, 2.24) is 14.7 Å². The largest absolute Gasteiger partial charge is 0.381 e. The van der Waals surface area contributed by atoms with Crippen LogP contribution in [-0.4, -0.2) is 41.0 Å². The lowest BCUT2D eigenvalue weighted by Crippen LogP contribution is -2.32. The Morgan fingerprint density at radius 3 is 2.91 bits per heavy atom. The SMILES string of the molecule is N#CCCN(C[C@@H]1CCOC1)Cn1ccc(-c2ccccc2)n1. The standard InChI is InChI=1S/C18H22N4O/c19-9-4-10-21(13-16-8-12-23-14-16)15-22-11-7-18(20-22)17-5-2-1-3-6-17/h1-3,5-7,11,16H,4,8,10,12-15H2/t16-/m0/s1. The van der Waals surface area contributed by atoms with E-state index < -0.39 is 0 Å². The van der Waals surface area contributed by atoms with Gasteiger partial charge in [-0.1, -0.05) is 30.3 Å². The summed E-state index contributed by atoms with van der Waals surface area (Å²) in [6, 6.07) is 14.5. The van der Waals surface area contributed by atoms with Crippen LogP contribution in [0.4, 0.5) is 0 Å². The van der Waals surface area contributed by atoms with Crippen molar-refractivity contribution in [3.63, 3.8) is 0 Å². The lowest BCUT2D eigenvalue weighted by atomic mass is 10.1. The number of ether oxygens (including phenoxy) is 1. The first-order chi connectivity index (χ1) is 11.3. The third-order valence-electron chi connectivity index (χ3n) is 4.14.